The van der Waals surface area contributed by atoms with Crippen molar-refractivity contribution in [2.24, 2.45) is 5.73 Å². The largest absolute Gasteiger partial charge is 0.440 e. The number of nitriles is 1. The Balaban J connectivity index is 1.77. The highest BCUT2D eigenvalue weighted by atomic mass is 35.5. The van der Waals surface area contributed by atoms with Crippen molar-refractivity contribution >= 4 is 17.3 Å². The van der Waals surface area contributed by atoms with E-state index < -0.39 is 0 Å². The highest BCUT2D eigenvalue weighted by Gasteiger charge is 2.31. The van der Waals surface area contributed by atoms with Gasteiger partial charge in [-0.05, 0) is 43.0 Å². The van der Waals surface area contributed by atoms with E-state index in [0.29, 0.717) is 10.6 Å². The number of nitrogens with zero attached hydrogens (tertiary/aromatic N) is 2. The van der Waals surface area contributed by atoms with E-state index in [0.717, 1.165) is 35.7 Å². The van der Waals surface area contributed by atoms with E-state index >= 15 is 0 Å². The lowest BCUT2D eigenvalue weighted by atomic mass is 9.83. The van der Waals surface area contributed by atoms with Crippen molar-refractivity contribution in [1.29, 1.82) is 5.26 Å². The van der Waals surface area contributed by atoms with Crippen LogP contribution in [0, 0.1) is 11.3 Å². The summed E-state index contributed by atoms with van der Waals surface area (Å²) in [7, 11) is 0. The number of halogens is 1. The lowest BCUT2D eigenvalue weighted by Gasteiger charge is -2.31. The Morgan fingerprint density at radius 1 is 1.08 bits per heavy atom. The van der Waals surface area contributed by atoms with Gasteiger partial charge in [-0.3, -0.25) is 0 Å². The predicted molar refractivity (Wildman–Crippen MR) is 103 cm³/mol. The first-order valence-corrected chi connectivity index (χ1v) is 9.27. The molecular weight excluding hydrogens is 346 g/mol. The molecular formula is C21H20ClN3O. The molecule has 2 aromatic rings. The van der Waals surface area contributed by atoms with Gasteiger partial charge in [0.25, 0.3) is 0 Å². The summed E-state index contributed by atoms with van der Waals surface area (Å²) in [6, 6.07) is 16.0. The van der Waals surface area contributed by atoms with Gasteiger partial charge in [-0.1, -0.05) is 29.8 Å². The van der Waals surface area contributed by atoms with E-state index in [4.69, 9.17) is 22.1 Å². The van der Waals surface area contributed by atoms with Crippen LogP contribution in [-0.2, 0) is 0 Å². The zero-order valence-corrected chi connectivity index (χ0v) is 15.2. The van der Waals surface area contributed by atoms with Gasteiger partial charge in [-0.15, -0.1) is 0 Å². The van der Waals surface area contributed by atoms with Gasteiger partial charge in [0.05, 0.1) is 5.92 Å². The minimum Gasteiger partial charge on any atom is -0.440 e. The molecule has 0 amide bonds. The van der Waals surface area contributed by atoms with Gasteiger partial charge in [0, 0.05) is 35.4 Å². The third kappa shape index (κ3) is 3.00. The molecule has 0 saturated carbocycles. The number of ether oxygens (including phenoxy) is 1. The lowest BCUT2D eigenvalue weighted by Crippen LogP contribution is -2.29. The van der Waals surface area contributed by atoms with Gasteiger partial charge in [0.15, 0.2) is 0 Å². The Hall–Kier alpha value is -2.64. The van der Waals surface area contributed by atoms with Crippen molar-refractivity contribution in [2.75, 3.05) is 18.0 Å². The fourth-order valence-corrected chi connectivity index (χ4v) is 3.92. The first-order chi connectivity index (χ1) is 12.7. The average Bonchev–Trinajstić information content (AvgIpc) is 2.68. The summed E-state index contributed by atoms with van der Waals surface area (Å²) in [6.07, 6.45) is 3.72. The minimum absolute atomic E-state index is 0.177. The van der Waals surface area contributed by atoms with Gasteiger partial charge in [-0.2, -0.15) is 5.26 Å². The van der Waals surface area contributed by atoms with Gasteiger partial charge < -0.3 is 15.4 Å². The van der Waals surface area contributed by atoms with E-state index in [1.807, 2.05) is 30.3 Å². The SMILES string of the molecule is N#CC1=C(N)Oc2cc(N3CCCCC3)ccc2C1c1ccc(Cl)cc1. The quantitative estimate of drug-likeness (QED) is 0.848. The van der Waals surface area contributed by atoms with E-state index in [1.54, 1.807) is 0 Å². The van der Waals surface area contributed by atoms with E-state index in [2.05, 4.69) is 23.1 Å². The summed E-state index contributed by atoms with van der Waals surface area (Å²) in [5, 5.41) is 10.3. The van der Waals surface area contributed by atoms with Gasteiger partial charge >= 0.3 is 0 Å². The highest BCUT2D eigenvalue weighted by Crippen LogP contribution is 2.43. The van der Waals surface area contributed by atoms with Crippen LogP contribution in [0.25, 0.3) is 0 Å². The summed E-state index contributed by atoms with van der Waals surface area (Å²) < 4.78 is 5.82. The molecule has 0 spiro atoms. The van der Waals surface area contributed by atoms with Crippen LogP contribution >= 0.6 is 11.6 Å². The number of anilines is 1. The second kappa shape index (κ2) is 6.93. The molecule has 2 aromatic carbocycles. The Labute approximate surface area is 158 Å². The number of rotatable bonds is 2. The average molecular weight is 366 g/mol. The monoisotopic (exact) mass is 365 g/mol. The molecule has 0 aliphatic carbocycles. The van der Waals surface area contributed by atoms with Crippen LogP contribution in [0.3, 0.4) is 0 Å². The van der Waals surface area contributed by atoms with Crippen LogP contribution in [0.5, 0.6) is 5.75 Å². The molecule has 0 aromatic heterocycles. The van der Waals surface area contributed by atoms with Gasteiger partial charge in [-0.25, -0.2) is 0 Å². The van der Waals surface area contributed by atoms with Crippen molar-refractivity contribution in [3.05, 3.63) is 70.1 Å². The highest BCUT2D eigenvalue weighted by molar-refractivity contribution is 6.30. The van der Waals surface area contributed by atoms with Crippen LogP contribution in [0.15, 0.2) is 53.9 Å². The first-order valence-electron chi connectivity index (χ1n) is 8.89. The van der Waals surface area contributed by atoms with Crippen molar-refractivity contribution in [2.45, 2.75) is 25.2 Å². The normalized spacial score (nSPS) is 19.5. The number of hydrogen-bond donors (Lipinski definition) is 1. The second-order valence-electron chi connectivity index (χ2n) is 6.75. The topological polar surface area (TPSA) is 62.3 Å². The maximum Gasteiger partial charge on any atom is 0.205 e. The van der Waals surface area contributed by atoms with E-state index in [-0.39, 0.29) is 11.8 Å². The molecule has 4 nitrogen and oxygen atoms in total. The number of hydrogen-bond acceptors (Lipinski definition) is 4. The summed E-state index contributed by atoms with van der Waals surface area (Å²) in [4.78, 5) is 2.38. The maximum absolute atomic E-state index is 9.63. The van der Waals surface area contributed by atoms with Crippen molar-refractivity contribution < 1.29 is 4.74 Å². The summed E-state index contributed by atoms with van der Waals surface area (Å²) >= 11 is 6.02. The molecule has 132 valence electrons. The zero-order valence-electron chi connectivity index (χ0n) is 14.4. The fraction of sp³-hybridized carbons (Fsp3) is 0.286. The molecule has 0 radical (unpaired) electrons. The standard InChI is InChI=1S/C21H20ClN3O/c22-15-6-4-14(5-7-15)20-17-9-8-16(25-10-2-1-3-11-25)12-19(17)26-21(24)18(20)13-23/h4-9,12,20H,1-3,10-11,24H2. The number of allylic oxidation sites excluding steroid dienone is 1. The lowest BCUT2D eigenvalue weighted by molar-refractivity contribution is 0.393. The Bertz CT molecular complexity index is 892. The Morgan fingerprint density at radius 2 is 1.81 bits per heavy atom. The van der Waals surface area contributed by atoms with Crippen molar-refractivity contribution in [3.8, 4) is 11.8 Å². The van der Waals surface area contributed by atoms with E-state index in [9.17, 15) is 5.26 Å². The molecule has 26 heavy (non-hydrogen) atoms. The molecule has 2 aliphatic heterocycles. The molecule has 1 saturated heterocycles. The van der Waals surface area contributed by atoms with Crippen LogP contribution < -0.4 is 15.4 Å². The predicted octanol–water partition coefficient (Wildman–Crippen LogP) is 4.55. The van der Waals surface area contributed by atoms with Crippen LogP contribution in [0.4, 0.5) is 5.69 Å². The number of benzene rings is 2. The van der Waals surface area contributed by atoms with E-state index in [1.165, 1.54) is 19.3 Å². The maximum atomic E-state index is 9.63. The van der Waals surface area contributed by atoms with Crippen molar-refractivity contribution in [3.63, 3.8) is 0 Å². The zero-order chi connectivity index (χ0) is 18.1. The Kier molecular flexibility index (Phi) is 4.48. The molecule has 2 N–H and O–H groups in total. The molecule has 5 heteroatoms. The number of piperidine rings is 1. The first kappa shape index (κ1) is 16.8. The molecule has 1 unspecified atom stereocenters. The van der Waals surface area contributed by atoms with Gasteiger partial charge in [0.2, 0.25) is 5.88 Å². The van der Waals surface area contributed by atoms with Crippen LogP contribution in [0.1, 0.15) is 36.3 Å². The fourth-order valence-electron chi connectivity index (χ4n) is 3.79. The summed E-state index contributed by atoms with van der Waals surface area (Å²) in [6.45, 7) is 2.13. The van der Waals surface area contributed by atoms with Gasteiger partial charge in [0.1, 0.15) is 17.4 Å². The molecule has 2 heterocycles. The molecule has 1 atom stereocenters. The molecule has 0 bridgehead atoms. The molecule has 1 fully saturated rings. The Morgan fingerprint density at radius 3 is 2.50 bits per heavy atom. The summed E-state index contributed by atoms with van der Waals surface area (Å²) in [5.74, 6) is 0.664. The van der Waals surface area contributed by atoms with Crippen LogP contribution in [0.2, 0.25) is 5.02 Å². The third-order valence-electron chi connectivity index (χ3n) is 5.13. The molecule has 4 rings (SSSR count). The molecule has 2 aliphatic rings. The minimum atomic E-state index is -0.239. The number of fused-ring (bicyclic) bond motifs is 1. The van der Waals surface area contributed by atoms with Crippen LogP contribution in [-0.4, -0.2) is 13.1 Å². The smallest absolute Gasteiger partial charge is 0.205 e. The van der Waals surface area contributed by atoms with Crippen molar-refractivity contribution in [1.82, 2.24) is 0 Å². The summed E-state index contributed by atoms with van der Waals surface area (Å²) in [5.41, 5.74) is 9.60. The second-order valence-corrected chi connectivity index (χ2v) is 7.18. The number of nitrogens with two attached hydrogens (primary N) is 1. The third-order valence-corrected chi connectivity index (χ3v) is 5.38.